The largest absolute Gasteiger partial charge is 0.496 e. The van der Waals surface area contributed by atoms with E-state index in [-0.39, 0.29) is 5.56 Å². The molecule has 0 fully saturated rings. The summed E-state index contributed by atoms with van der Waals surface area (Å²) in [6.45, 7) is 1.93. The molecule has 0 spiro atoms. The lowest BCUT2D eigenvalue weighted by molar-refractivity contribution is 0.416. The number of nitrogens with zero attached hydrogens (tertiary/aromatic N) is 2. The Balaban J connectivity index is 2.73. The number of rotatable bonds is 2. The highest BCUT2D eigenvalue weighted by Crippen LogP contribution is 2.30. The summed E-state index contributed by atoms with van der Waals surface area (Å²) in [5, 5.41) is 15.3. The maximum Gasteiger partial charge on any atom is 0.265 e. The number of aromatic nitrogens is 2. The molecule has 1 heterocycles. The van der Waals surface area contributed by atoms with Gasteiger partial charge >= 0.3 is 0 Å². The number of methoxy groups -OCH3 is 1. The third kappa shape index (κ3) is 2.09. The monoisotopic (exact) mass is 241 g/mol. The van der Waals surface area contributed by atoms with Crippen molar-refractivity contribution in [2.45, 2.75) is 6.92 Å². The van der Waals surface area contributed by atoms with Crippen molar-refractivity contribution in [3.05, 3.63) is 45.7 Å². The fourth-order valence-corrected chi connectivity index (χ4v) is 1.70. The first-order chi connectivity index (χ1) is 8.65. The molecule has 5 nitrogen and oxygen atoms in total. The van der Waals surface area contributed by atoms with Gasteiger partial charge in [0.15, 0.2) is 0 Å². The van der Waals surface area contributed by atoms with E-state index in [1.807, 2.05) is 25.1 Å². The summed E-state index contributed by atoms with van der Waals surface area (Å²) >= 11 is 0. The van der Waals surface area contributed by atoms with E-state index < -0.39 is 5.56 Å². The molecule has 0 radical (unpaired) electrons. The summed E-state index contributed by atoms with van der Waals surface area (Å²) in [6, 6.07) is 8.76. The lowest BCUT2D eigenvalue weighted by atomic mass is 10.0. The van der Waals surface area contributed by atoms with Crippen LogP contribution < -0.4 is 10.3 Å². The van der Waals surface area contributed by atoms with Gasteiger partial charge in [-0.3, -0.25) is 4.79 Å². The van der Waals surface area contributed by atoms with Crippen LogP contribution in [-0.4, -0.2) is 17.3 Å². The third-order valence-corrected chi connectivity index (χ3v) is 2.54. The number of aryl methyl sites for hydroxylation is 1. The van der Waals surface area contributed by atoms with E-state index in [9.17, 15) is 4.79 Å². The van der Waals surface area contributed by atoms with Crippen molar-refractivity contribution in [3.63, 3.8) is 0 Å². The highest BCUT2D eigenvalue weighted by Gasteiger charge is 2.13. The smallest absolute Gasteiger partial charge is 0.265 e. The molecule has 0 aliphatic rings. The van der Waals surface area contributed by atoms with Crippen molar-refractivity contribution in [2.75, 3.05) is 7.11 Å². The zero-order chi connectivity index (χ0) is 13.1. The molecule has 0 saturated heterocycles. The average molecular weight is 241 g/mol. The third-order valence-electron chi connectivity index (χ3n) is 2.54. The van der Waals surface area contributed by atoms with E-state index in [0.29, 0.717) is 17.0 Å². The normalized spacial score (nSPS) is 9.83. The summed E-state index contributed by atoms with van der Waals surface area (Å²) in [5.41, 5.74) is 1.94. The van der Waals surface area contributed by atoms with Crippen LogP contribution in [0.1, 0.15) is 11.1 Å². The molecular weight excluding hydrogens is 230 g/mol. The lowest BCUT2D eigenvalue weighted by Gasteiger charge is -2.09. The molecule has 2 rings (SSSR count). The first-order valence-corrected chi connectivity index (χ1v) is 5.30. The molecule has 18 heavy (non-hydrogen) atoms. The molecule has 90 valence electrons. The minimum atomic E-state index is -0.401. The molecule has 0 aliphatic carbocycles. The van der Waals surface area contributed by atoms with Gasteiger partial charge in [0.1, 0.15) is 17.5 Å². The van der Waals surface area contributed by atoms with E-state index in [4.69, 9.17) is 10.00 Å². The Morgan fingerprint density at radius 1 is 1.39 bits per heavy atom. The summed E-state index contributed by atoms with van der Waals surface area (Å²) in [4.78, 5) is 11.2. The number of ether oxygens (including phenoxy) is 1. The molecule has 1 aromatic carbocycles. The van der Waals surface area contributed by atoms with Gasteiger partial charge in [-0.2, -0.15) is 10.4 Å². The van der Waals surface area contributed by atoms with Gasteiger partial charge in [0.05, 0.1) is 12.7 Å². The Labute approximate surface area is 104 Å². The second-order valence-corrected chi connectivity index (χ2v) is 3.81. The van der Waals surface area contributed by atoms with Crippen molar-refractivity contribution >= 4 is 0 Å². The molecule has 0 amide bonds. The highest BCUT2D eigenvalue weighted by molar-refractivity contribution is 5.72. The minimum Gasteiger partial charge on any atom is -0.496 e. The van der Waals surface area contributed by atoms with Crippen molar-refractivity contribution < 1.29 is 4.74 Å². The molecule has 1 N–H and O–H groups in total. The molecule has 0 atom stereocenters. The van der Waals surface area contributed by atoms with Gasteiger partial charge in [-0.05, 0) is 19.1 Å². The topological polar surface area (TPSA) is 78.8 Å². The van der Waals surface area contributed by atoms with Gasteiger partial charge in [-0.15, -0.1) is 0 Å². The van der Waals surface area contributed by atoms with Crippen LogP contribution in [0, 0.1) is 18.3 Å². The number of hydrogen-bond donors (Lipinski definition) is 1. The standard InChI is InChI=1S/C13H11N3O2/c1-8-3-4-11(18-2)10(5-8)13-9(7-14)6-12(17)15-16-13/h3-6H,1-2H3,(H,15,17). The summed E-state index contributed by atoms with van der Waals surface area (Å²) < 4.78 is 5.24. The van der Waals surface area contributed by atoms with Crippen LogP contribution in [0.15, 0.2) is 29.1 Å². The van der Waals surface area contributed by atoms with Crippen molar-refractivity contribution in [3.8, 4) is 23.1 Å². The second kappa shape index (κ2) is 4.72. The van der Waals surface area contributed by atoms with Gasteiger partial charge in [0.2, 0.25) is 0 Å². The number of aromatic amines is 1. The first kappa shape index (κ1) is 11.9. The minimum absolute atomic E-state index is 0.225. The lowest BCUT2D eigenvalue weighted by Crippen LogP contribution is -2.09. The van der Waals surface area contributed by atoms with Crippen LogP contribution in [0.3, 0.4) is 0 Å². The maximum atomic E-state index is 11.2. The van der Waals surface area contributed by atoms with Crippen molar-refractivity contribution in [2.24, 2.45) is 0 Å². The summed E-state index contributed by atoms with van der Waals surface area (Å²) in [5.74, 6) is 0.608. The van der Waals surface area contributed by atoms with Crippen molar-refractivity contribution in [1.82, 2.24) is 10.2 Å². The molecule has 5 heteroatoms. The van der Waals surface area contributed by atoms with E-state index in [1.165, 1.54) is 6.07 Å². The number of benzene rings is 1. The zero-order valence-electron chi connectivity index (χ0n) is 10.0. The Morgan fingerprint density at radius 3 is 2.83 bits per heavy atom. The second-order valence-electron chi connectivity index (χ2n) is 3.81. The number of hydrogen-bond acceptors (Lipinski definition) is 4. The van der Waals surface area contributed by atoms with Crippen LogP contribution in [0.5, 0.6) is 5.75 Å². The fourth-order valence-electron chi connectivity index (χ4n) is 1.70. The van der Waals surface area contributed by atoms with Gasteiger partial charge in [0.25, 0.3) is 5.56 Å². The predicted octanol–water partition coefficient (Wildman–Crippen LogP) is 1.63. The quantitative estimate of drug-likeness (QED) is 0.866. The van der Waals surface area contributed by atoms with E-state index in [0.717, 1.165) is 5.56 Å². The van der Waals surface area contributed by atoms with Crippen molar-refractivity contribution in [1.29, 1.82) is 5.26 Å². The van der Waals surface area contributed by atoms with Crippen LogP contribution in [-0.2, 0) is 0 Å². The van der Waals surface area contributed by atoms with Gasteiger partial charge in [-0.1, -0.05) is 11.6 Å². The summed E-state index contributed by atoms with van der Waals surface area (Å²) in [7, 11) is 1.55. The number of H-pyrrole nitrogens is 1. The number of nitrogens with one attached hydrogen (secondary N) is 1. The zero-order valence-corrected chi connectivity index (χ0v) is 10.0. The summed E-state index contributed by atoms with van der Waals surface area (Å²) in [6.07, 6.45) is 0. The van der Waals surface area contributed by atoms with Gasteiger partial charge in [-0.25, -0.2) is 5.10 Å². The van der Waals surface area contributed by atoms with Gasteiger partial charge in [0, 0.05) is 11.6 Å². The molecule has 0 saturated carbocycles. The molecule has 1 aromatic heterocycles. The predicted molar refractivity (Wildman–Crippen MR) is 66.3 cm³/mol. The van der Waals surface area contributed by atoms with Crippen LogP contribution in [0.25, 0.3) is 11.3 Å². The Morgan fingerprint density at radius 2 is 2.17 bits per heavy atom. The molecular formula is C13H11N3O2. The fraction of sp³-hybridized carbons (Fsp3) is 0.154. The molecule has 0 bridgehead atoms. The SMILES string of the molecule is COc1ccc(C)cc1-c1n[nH]c(=O)cc1C#N. The van der Waals surface area contributed by atoms with Crippen LogP contribution in [0.4, 0.5) is 0 Å². The van der Waals surface area contributed by atoms with E-state index in [1.54, 1.807) is 13.2 Å². The highest BCUT2D eigenvalue weighted by atomic mass is 16.5. The maximum absolute atomic E-state index is 11.2. The van der Waals surface area contributed by atoms with Gasteiger partial charge < -0.3 is 4.74 Å². The molecule has 2 aromatic rings. The first-order valence-electron chi connectivity index (χ1n) is 5.30. The Bertz CT molecular complexity index is 683. The molecule has 0 unspecified atom stereocenters. The number of nitriles is 1. The van der Waals surface area contributed by atoms with E-state index >= 15 is 0 Å². The Kier molecular flexibility index (Phi) is 3.11. The molecule has 0 aliphatic heterocycles. The van der Waals surface area contributed by atoms with E-state index in [2.05, 4.69) is 10.2 Å². The average Bonchev–Trinajstić information content (AvgIpc) is 2.38. The van der Waals surface area contributed by atoms with Crippen LogP contribution in [0.2, 0.25) is 0 Å². The Hall–Kier alpha value is -2.61. The van der Waals surface area contributed by atoms with Crippen LogP contribution >= 0.6 is 0 Å².